The Morgan fingerprint density at radius 1 is 0.542 bits per heavy atom. The Balaban J connectivity index is 2.57. The smallest absolute Gasteiger partial charge is 0.462 e. The van der Waals surface area contributed by atoms with Crippen LogP contribution >= 0.6 is 7.82 Å². The number of aliphatic hydroxyl groups excluding tert-OH is 5. The summed E-state index contributed by atoms with van der Waals surface area (Å²) in [5.41, 5.74) is 0. The lowest BCUT2D eigenvalue weighted by Gasteiger charge is -2.41. The van der Waals surface area contributed by atoms with Crippen molar-refractivity contribution in [2.24, 2.45) is 0 Å². The molecule has 0 spiro atoms. The Kier molecular flexibility index (Phi) is 31.8. The highest BCUT2D eigenvalue weighted by molar-refractivity contribution is 7.47. The molecule has 59 heavy (non-hydrogen) atoms. The Labute approximate surface area is 352 Å². The van der Waals surface area contributed by atoms with E-state index in [2.05, 4.69) is 92.8 Å². The maximum Gasteiger partial charge on any atom is 0.472 e. The van der Waals surface area contributed by atoms with E-state index < -0.39 is 75.7 Å². The van der Waals surface area contributed by atoms with E-state index in [0.717, 1.165) is 64.2 Å². The number of phosphoric ester groups is 1. The lowest BCUT2D eigenvalue weighted by Crippen LogP contribution is -2.64. The summed E-state index contributed by atoms with van der Waals surface area (Å²) in [5.74, 6) is -1.20. The highest BCUT2D eigenvalue weighted by Crippen LogP contribution is 2.47. The molecule has 0 aromatic heterocycles. The first-order valence-corrected chi connectivity index (χ1v) is 22.9. The molecular formula is C45H73O13P. The number of ether oxygens (including phenoxy) is 2. The van der Waals surface area contributed by atoms with Crippen molar-refractivity contribution in [3.05, 3.63) is 85.1 Å². The van der Waals surface area contributed by atoms with E-state index in [1.54, 1.807) is 0 Å². The molecule has 0 aromatic rings. The molecule has 14 heteroatoms. The highest BCUT2D eigenvalue weighted by atomic mass is 31.2. The van der Waals surface area contributed by atoms with Gasteiger partial charge >= 0.3 is 19.8 Å². The minimum Gasteiger partial charge on any atom is -0.462 e. The second-order valence-electron chi connectivity index (χ2n) is 14.5. The van der Waals surface area contributed by atoms with Gasteiger partial charge in [-0.25, -0.2) is 4.57 Å². The Hall–Kier alpha value is -2.97. The molecule has 1 aliphatic carbocycles. The van der Waals surface area contributed by atoms with Gasteiger partial charge in [0.15, 0.2) is 6.10 Å². The van der Waals surface area contributed by atoms with Gasteiger partial charge in [-0.15, -0.1) is 0 Å². The highest BCUT2D eigenvalue weighted by Gasteiger charge is 2.51. The first-order valence-electron chi connectivity index (χ1n) is 21.4. The second kappa shape index (κ2) is 34.7. The van der Waals surface area contributed by atoms with Crippen LogP contribution in [0.15, 0.2) is 85.1 Å². The van der Waals surface area contributed by atoms with Crippen LogP contribution < -0.4 is 0 Å². The molecular weight excluding hydrogens is 779 g/mol. The molecule has 0 bridgehead atoms. The van der Waals surface area contributed by atoms with E-state index >= 15 is 0 Å². The van der Waals surface area contributed by atoms with Gasteiger partial charge in [-0.1, -0.05) is 112 Å². The van der Waals surface area contributed by atoms with E-state index in [1.165, 1.54) is 19.3 Å². The van der Waals surface area contributed by atoms with Gasteiger partial charge in [-0.05, 0) is 89.9 Å². The lowest BCUT2D eigenvalue weighted by atomic mass is 9.85. The standard InChI is InChI=1S/C45H73O13P/c1-3-5-7-9-11-13-15-17-19-21-23-25-27-29-31-33-38(46)55-35-37(36-56-59(53,54)58-45-43(51)41(49)40(48)42(50)44(45)52)57-39(47)34-32-30-28-26-24-22-20-18-16-14-12-10-8-6-4-2/h5,7,11-14,17-20,23-26,37,40-45,48-52H,3-4,6,8-10,15-16,21-22,27-36H2,1-2H3,(H,53,54)/b7-5-,13-11-,14-12-,19-17-,20-18-,25-23-,26-24-/t37-,40?,41-,42?,43?,44?,45?/m1/s1. The van der Waals surface area contributed by atoms with Crippen molar-refractivity contribution in [1.82, 2.24) is 0 Å². The maximum atomic E-state index is 12.8. The largest absolute Gasteiger partial charge is 0.472 e. The number of allylic oxidation sites excluding steroid dienone is 14. The first kappa shape index (κ1) is 54.0. The van der Waals surface area contributed by atoms with Crippen molar-refractivity contribution in [1.29, 1.82) is 0 Å². The van der Waals surface area contributed by atoms with E-state index in [1.807, 2.05) is 6.08 Å². The van der Waals surface area contributed by atoms with Crippen molar-refractivity contribution >= 4 is 19.8 Å². The van der Waals surface area contributed by atoms with Gasteiger partial charge in [0.1, 0.15) is 43.2 Å². The minimum absolute atomic E-state index is 0.0337. The predicted octanol–water partition coefficient (Wildman–Crippen LogP) is 7.72. The van der Waals surface area contributed by atoms with E-state index in [9.17, 15) is 44.6 Å². The van der Waals surface area contributed by atoms with Gasteiger partial charge in [0.2, 0.25) is 0 Å². The summed E-state index contributed by atoms with van der Waals surface area (Å²) in [6.07, 6.45) is 30.8. The summed E-state index contributed by atoms with van der Waals surface area (Å²) in [7, 11) is -5.14. The van der Waals surface area contributed by atoms with Gasteiger partial charge in [-0.2, -0.15) is 0 Å². The number of esters is 2. The summed E-state index contributed by atoms with van der Waals surface area (Å²) in [4.78, 5) is 35.6. The molecule has 0 aliphatic heterocycles. The molecule has 1 aliphatic rings. The van der Waals surface area contributed by atoms with Crippen LogP contribution in [0.2, 0.25) is 0 Å². The fourth-order valence-electron chi connectivity index (χ4n) is 5.75. The third-order valence-electron chi connectivity index (χ3n) is 9.22. The number of carbonyl (C=O) groups excluding carboxylic acids is 2. The minimum atomic E-state index is -5.14. The quantitative estimate of drug-likeness (QED) is 0.0162. The van der Waals surface area contributed by atoms with Crippen molar-refractivity contribution in [2.45, 2.75) is 172 Å². The zero-order valence-electron chi connectivity index (χ0n) is 35.3. The zero-order valence-corrected chi connectivity index (χ0v) is 36.1. The van der Waals surface area contributed by atoms with Crippen molar-refractivity contribution in [2.75, 3.05) is 13.2 Å². The summed E-state index contributed by atoms with van der Waals surface area (Å²) >= 11 is 0. The summed E-state index contributed by atoms with van der Waals surface area (Å²) in [6.45, 7) is 3.05. The molecule has 8 atom stereocenters. The molecule has 1 saturated carbocycles. The third kappa shape index (κ3) is 27.5. The molecule has 0 amide bonds. The van der Waals surface area contributed by atoms with Gasteiger partial charge in [0, 0.05) is 12.8 Å². The predicted molar refractivity (Wildman–Crippen MR) is 230 cm³/mol. The SMILES string of the molecule is CC/C=C\C/C=C\C/C=C\C/C=C\CCCCC(=O)OC[C@H](COP(=O)(O)OC1C(O)C(O)C(O)[C@@H](O)C1O)OC(=O)CCCC/C=C\C/C=C\C/C=C\CCCCC. The molecule has 1 rings (SSSR count). The lowest BCUT2D eigenvalue weighted by molar-refractivity contribution is -0.220. The molecule has 0 radical (unpaired) electrons. The third-order valence-corrected chi connectivity index (χ3v) is 10.2. The first-order chi connectivity index (χ1) is 28.4. The van der Waals surface area contributed by atoms with Gasteiger partial charge < -0.3 is 39.9 Å². The second-order valence-corrected chi connectivity index (χ2v) is 15.9. The van der Waals surface area contributed by atoms with Gasteiger partial charge in [0.05, 0.1) is 6.61 Å². The Morgan fingerprint density at radius 3 is 1.41 bits per heavy atom. The molecule has 0 aromatic carbocycles. The van der Waals surface area contributed by atoms with Crippen LogP contribution in [0, 0.1) is 0 Å². The van der Waals surface area contributed by atoms with Crippen LogP contribution in [0.5, 0.6) is 0 Å². The molecule has 0 heterocycles. The number of phosphoric acid groups is 1. The molecule has 6 unspecified atom stereocenters. The van der Waals surface area contributed by atoms with Crippen molar-refractivity contribution in [3.63, 3.8) is 0 Å². The number of unbranched alkanes of at least 4 members (excludes halogenated alkanes) is 7. The van der Waals surface area contributed by atoms with Crippen molar-refractivity contribution < 1.29 is 63.1 Å². The summed E-state index contributed by atoms with van der Waals surface area (Å²) in [6, 6.07) is 0. The molecule has 1 fully saturated rings. The molecule has 0 saturated heterocycles. The van der Waals surface area contributed by atoms with Gasteiger partial charge in [-0.3, -0.25) is 18.6 Å². The van der Waals surface area contributed by atoms with Crippen LogP contribution in [0.25, 0.3) is 0 Å². The number of carbonyl (C=O) groups is 2. The van der Waals surface area contributed by atoms with Crippen LogP contribution in [0.3, 0.4) is 0 Å². The Morgan fingerprint density at radius 2 is 0.949 bits per heavy atom. The molecule has 6 N–H and O–H groups in total. The van der Waals surface area contributed by atoms with Crippen LogP contribution in [-0.4, -0.2) is 98.3 Å². The van der Waals surface area contributed by atoms with E-state index in [0.29, 0.717) is 19.3 Å². The van der Waals surface area contributed by atoms with Crippen LogP contribution in [0.4, 0.5) is 0 Å². The van der Waals surface area contributed by atoms with Crippen LogP contribution in [-0.2, 0) is 32.7 Å². The fourth-order valence-corrected chi connectivity index (χ4v) is 6.73. The van der Waals surface area contributed by atoms with Crippen LogP contribution in [0.1, 0.15) is 129 Å². The normalized spacial score (nSPS) is 23.2. The summed E-state index contributed by atoms with van der Waals surface area (Å²) < 4.78 is 33.4. The number of rotatable bonds is 33. The van der Waals surface area contributed by atoms with Gasteiger partial charge in [0.25, 0.3) is 0 Å². The summed E-state index contributed by atoms with van der Waals surface area (Å²) in [5, 5.41) is 50.0. The average Bonchev–Trinajstić information content (AvgIpc) is 3.21. The monoisotopic (exact) mass is 852 g/mol. The van der Waals surface area contributed by atoms with E-state index in [-0.39, 0.29) is 12.8 Å². The number of hydrogen-bond acceptors (Lipinski definition) is 12. The fraction of sp³-hybridized carbons (Fsp3) is 0.644. The zero-order chi connectivity index (χ0) is 43.6. The van der Waals surface area contributed by atoms with Crippen molar-refractivity contribution in [3.8, 4) is 0 Å². The molecule has 336 valence electrons. The number of aliphatic hydroxyl groups is 5. The molecule has 13 nitrogen and oxygen atoms in total. The van der Waals surface area contributed by atoms with E-state index in [4.69, 9.17) is 18.5 Å². The average molecular weight is 853 g/mol. The maximum absolute atomic E-state index is 12.8. The number of hydrogen-bond donors (Lipinski definition) is 6. The topological polar surface area (TPSA) is 210 Å². The Bertz CT molecular complexity index is 1360.